The van der Waals surface area contributed by atoms with Gasteiger partial charge in [0.15, 0.2) is 0 Å². The molecule has 3 nitrogen and oxygen atoms in total. The molecule has 2 rings (SSSR count). The highest BCUT2D eigenvalue weighted by Crippen LogP contribution is 2.23. The Morgan fingerprint density at radius 2 is 2.11 bits per heavy atom. The van der Waals surface area contributed by atoms with E-state index >= 15 is 0 Å². The van der Waals surface area contributed by atoms with Crippen LogP contribution in [0.3, 0.4) is 0 Å². The zero-order valence-electron chi connectivity index (χ0n) is 11.0. The Kier molecular flexibility index (Phi) is 6.61. The van der Waals surface area contributed by atoms with Crippen LogP contribution in [0.15, 0.2) is 22.7 Å². The predicted octanol–water partition coefficient (Wildman–Crippen LogP) is 2.91. The first kappa shape index (κ1) is 15.3. The van der Waals surface area contributed by atoms with E-state index in [9.17, 15) is 0 Å². The smallest absolute Gasteiger partial charge is 0.0594 e. The number of rotatable bonds is 6. The Hall–Kier alpha value is -0.130. The van der Waals surface area contributed by atoms with Gasteiger partial charge in [0, 0.05) is 24.1 Å². The Labute approximate surface area is 128 Å². The van der Waals surface area contributed by atoms with E-state index < -0.39 is 0 Å². The number of hydrogen-bond acceptors (Lipinski definition) is 3. The van der Waals surface area contributed by atoms with Gasteiger partial charge in [-0.05, 0) is 53.1 Å². The van der Waals surface area contributed by atoms with Crippen LogP contribution >= 0.6 is 27.5 Å². The second-order valence-corrected chi connectivity index (χ2v) is 5.99. The highest BCUT2D eigenvalue weighted by molar-refractivity contribution is 9.10. The number of hydrogen-bond donors (Lipinski definition) is 1. The van der Waals surface area contributed by atoms with Crippen LogP contribution in [0.1, 0.15) is 12.0 Å². The van der Waals surface area contributed by atoms with Crippen LogP contribution in [0.25, 0.3) is 0 Å². The summed E-state index contributed by atoms with van der Waals surface area (Å²) in [5, 5.41) is 4.23. The van der Waals surface area contributed by atoms with Gasteiger partial charge in [-0.25, -0.2) is 0 Å². The average Bonchev–Trinajstić information content (AvgIpc) is 2.43. The van der Waals surface area contributed by atoms with E-state index in [0.29, 0.717) is 0 Å². The van der Waals surface area contributed by atoms with E-state index in [0.717, 1.165) is 55.4 Å². The van der Waals surface area contributed by atoms with Crippen molar-refractivity contribution >= 4 is 27.5 Å². The van der Waals surface area contributed by atoms with Gasteiger partial charge in [0.05, 0.1) is 18.2 Å². The first-order valence-corrected chi connectivity index (χ1v) is 7.87. The summed E-state index contributed by atoms with van der Waals surface area (Å²) < 4.78 is 6.29. The van der Waals surface area contributed by atoms with Crippen molar-refractivity contribution < 1.29 is 4.74 Å². The maximum atomic E-state index is 5.97. The van der Waals surface area contributed by atoms with Gasteiger partial charge in [0.2, 0.25) is 0 Å². The molecule has 5 heteroatoms. The van der Waals surface area contributed by atoms with Crippen molar-refractivity contribution in [1.82, 2.24) is 10.2 Å². The molecule has 1 aliphatic rings. The Morgan fingerprint density at radius 3 is 2.84 bits per heavy atom. The fourth-order valence-electron chi connectivity index (χ4n) is 2.13. The molecule has 0 spiro atoms. The third kappa shape index (κ3) is 5.40. The van der Waals surface area contributed by atoms with Gasteiger partial charge in [0.1, 0.15) is 0 Å². The Morgan fingerprint density at radius 1 is 1.32 bits per heavy atom. The number of nitrogens with zero attached hydrogens (tertiary/aromatic N) is 1. The standard InChI is InChI=1S/C14H20BrClN2O/c15-13-10-12(2-3-14(13)16)11-17-4-1-5-18-6-8-19-9-7-18/h2-3,10,17H,1,4-9,11H2. The van der Waals surface area contributed by atoms with Gasteiger partial charge in [-0.2, -0.15) is 0 Å². The van der Waals surface area contributed by atoms with Crippen molar-refractivity contribution in [1.29, 1.82) is 0 Å². The van der Waals surface area contributed by atoms with E-state index in [1.165, 1.54) is 12.0 Å². The highest BCUT2D eigenvalue weighted by Gasteiger charge is 2.08. The van der Waals surface area contributed by atoms with Crippen LogP contribution in [-0.2, 0) is 11.3 Å². The zero-order valence-corrected chi connectivity index (χ0v) is 13.3. The molecule has 0 saturated carbocycles. The Balaban J connectivity index is 1.59. The molecule has 1 heterocycles. The number of benzene rings is 1. The minimum absolute atomic E-state index is 0.760. The molecule has 0 atom stereocenters. The van der Waals surface area contributed by atoms with Crippen molar-refractivity contribution in [3.05, 3.63) is 33.3 Å². The summed E-state index contributed by atoms with van der Waals surface area (Å²) in [6, 6.07) is 6.05. The third-order valence-corrected chi connectivity index (χ3v) is 4.46. The lowest BCUT2D eigenvalue weighted by Gasteiger charge is -2.26. The molecule has 0 bridgehead atoms. The van der Waals surface area contributed by atoms with Gasteiger partial charge in [-0.1, -0.05) is 17.7 Å². The van der Waals surface area contributed by atoms with Crippen LogP contribution in [-0.4, -0.2) is 44.3 Å². The maximum Gasteiger partial charge on any atom is 0.0594 e. The lowest BCUT2D eigenvalue weighted by molar-refractivity contribution is 0.0374. The second-order valence-electron chi connectivity index (χ2n) is 4.73. The van der Waals surface area contributed by atoms with Crippen molar-refractivity contribution in [2.75, 3.05) is 39.4 Å². The fourth-order valence-corrected chi connectivity index (χ4v) is 2.68. The molecular weight excluding hydrogens is 328 g/mol. The van der Waals surface area contributed by atoms with Gasteiger partial charge < -0.3 is 10.1 Å². The van der Waals surface area contributed by atoms with Crippen LogP contribution in [0.4, 0.5) is 0 Å². The normalized spacial score (nSPS) is 16.7. The van der Waals surface area contributed by atoms with Gasteiger partial charge in [0.25, 0.3) is 0 Å². The van der Waals surface area contributed by atoms with E-state index in [4.69, 9.17) is 16.3 Å². The first-order chi connectivity index (χ1) is 9.25. The van der Waals surface area contributed by atoms with E-state index in [-0.39, 0.29) is 0 Å². The molecule has 1 aromatic rings. The van der Waals surface area contributed by atoms with Crippen LogP contribution < -0.4 is 5.32 Å². The van der Waals surface area contributed by atoms with Crippen molar-refractivity contribution in [2.24, 2.45) is 0 Å². The molecule has 0 radical (unpaired) electrons. The fraction of sp³-hybridized carbons (Fsp3) is 0.571. The molecule has 0 aromatic heterocycles. The van der Waals surface area contributed by atoms with Crippen LogP contribution in [0, 0.1) is 0 Å². The second kappa shape index (κ2) is 8.22. The van der Waals surface area contributed by atoms with Gasteiger partial charge >= 0.3 is 0 Å². The van der Waals surface area contributed by atoms with Gasteiger partial charge in [-0.15, -0.1) is 0 Å². The summed E-state index contributed by atoms with van der Waals surface area (Å²) >= 11 is 9.41. The molecule has 1 aromatic carbocycles. The number of halogens is 2. The van der Waals surface area contributed by atoms with Crippen molar-refractivity contribution in [3.8, 4) is 0 Å². The van der Waals surface area contributed by atoms with Crippen LogP contribution in [0.2, 0.25) is 5.02 Å². The van der Waals surface area contributed by atoms with E-state index in [1.54, 1.807) is 0 Å². The third-order valence-electron chi connectivity index (χ3n) is 3.24. The molecule has 0 amide bonds. The quantitative estimate of drug-likeness (QED) is 0.801. The largest absolute Gasteiger partial charge is 0.379 e. The lowest BCUT2D eigenvalue weighted by atomic mass is 10.2. The molecule has 0 unspecified atom stereocenters. The molecule has 1 N–H and O–H groups in total. The SMILES string of the molecule is Clc1ccc(CNCCCN2CCOCC2)cc1Br. The minimum atomic E-state index is 0.760. The monoisotopic (exact) mass is 346 g/mol. The van der Waals surface area contributed by atoms with E-state index in [2.05, 4.69) is 38.3 Å². The molecule has 1 fully saturated rings. The summed E-state index contributed by atoms with van der Waals surface area (Å²) in [6.07, 6.45) is 1.18. The molecule has 1 aliphatic heterocycles. The summed E-state index contributed by atoms with van der Waals surface area (Å²) in [5.41, 5.74) is 1.25. The Bertz CT molecular complexity index is 397. The summed E-state index contributed by atoms with van der Waals surface area (Å²) in [5.74, 6) is 0. The summed E-state index contributed by atoms with van der Waals surface area (Å²) in [4.78, 5) is 2.46. The first-order valence-electron chi connectivity index (χ1n) is 6.70. The molecule has 0 aliphatic carbocycles. The minimum Gasteiger partial charge on any atom is -0.379 e. The van der Waals surface area contributed by atoms with Gasteiger partial charge in [-0.3, -0.25) is 4.90 Å². The van der Waals surface area contributed by atoms with E-state index in [1.807, 2.05) is 6.07 Å². The molecule has 1 saturated heterocycles. The maximum absolute atomic E-state index is 5.97. The number of nitrogens with one attached hydrogen (secondary N) is 1. The lowest BCUT2D eigenvalue weighted by Crippen LogP contribution is -2.37. The van der Waals surface area contributed by atoms with Crippen molar-refractivity contribution in [2.45, 2.75) is 13.0 Å². The molecule has 19 heavy (non-hydrogen) atoms. The molecular formula is C14H20BrClN2O. The zero-order chi connectivity index (χ0) is 13.5. The highest BCUT2D eigenvalue weighted by atomic mass is 79.9. The summed E-state index contributed by atoms with van der Waals surface area (Å²) in [6.45, 7) is 6.99. The van der Waals surface area contributed by atoms with Crippen molar-refractivity contribution in [3.63, 3.8) is 0 Å². The van der Waals surface area contributed by atoms with Crippen LogP contribution in [0.5, 0.6) is 0 Å². The number of morpholine rings is 1. The number of ether oxygens (including phenoxy) is 1. The topological polar surface area (TPSA) is 24.5 Å². The average molecular weight is 348 g/mol. The summed E-state index contributed by atoms with van der Waals surface area (Å²) in [7, 11) is 0. The molecule has 106 valence electrons. The predicted molar refractivity (Wildman–Crippen MR) is 82.7 cm³/mol.